The molecule has 18 heavy (non-hydrogen) atoms. The Hall–Kier alpha value is -0.0700. The van der Waals surface area contributed by atoms with Gasteiger partial charge in [0.25, 0.3) is 0 Å². The molecule has 0 nitrogen and oxygen atoms in total. The predicted octanol–water partition coefficient (Wildman–Crippen LogP) is 6.64. The number of alkyl halides is 1. The second-order valence-corrected chi connectivity index (χ2v) is 5.67. The third-order valence-electron chi connectivity index (χ3n) is 3.60. The molecule has 0 N–H and O–H groups in total. The predicted molar refractivity (Wildman–Crippen MR) is 80.6 cm³/mol. The molecule has 0 aromatic heterocycles. The highest BCUT2D eigenvalue weighted by atomic mass is 19.1. The quantitative estimate of drug-likeness (QED) is 0.306. The second kappa shape index (κ2) is 15.0. The molecule has 1 unspecified atom stereocenters. The van der Waals surface area contributed by atoms with E-state index in [1.807, 2.05) is 0 Å². The van der Waals surface area contributed by atoms with Gasteiger partial charge < -0.3 is 0 Å². The zero-order chi connectivity index (χ0) is 13.5. The van der Waals surface area contributed by atoms with Gasteiger partial charge >= 0.3 is 0 Å². The van der Waals surface area contributed by atoms with Crippen molar-refractivity contribution in [2.24, 2.45) is 0 Å². The third kappa shape index (κ3) is 15.9. The zero-order valence-corrected chi connectivity index (χ0v) is 12.6. The molecule has 0 aliphatic carbocycles. The highest BCUT2D eigenvalue weighted by Crippen LogP contribution is 2.13. The Morgan fingerprint density at radius 3 is 1.33 bits per heavy atom. The smallest absolute Gasteiger partial charge is 0.0973 e. The molecule has 0 fully saturated rings. The van der Waals surface area contributed by atoms with E-state index < -0.39 is 6.17 Å². The van der Waals surface area contributed by atoms with Crippen molar-refractivity contribution in [3.63, 3.8) is 0 Å². The fourth-order valence-electron chi connectivity index (χ4n) is 2.37. The molecule has 0 rings (SSSR count). The lowest BCUT2D eigenvalue weighted by Crippen LogP contribution is -1.91. The Kier molecular flexibility index (Phi) is 14.9. The largest absolute Gasteiger partial charge is 0.248 e. The molecule has 0 bridgehead atoms. The maximum Gasteiger partial charge on any atom is 0.0973 e. The highest BCUT2D eigenvalue weighted by molar-refractivity contribution is 4.51. The summed E-state index contributed by atoms with van der Waals surface area (Å²) in [5, 5.41) is 0. The molecule has 109 valence electrons. The van der Waals surface area contributed by atoms with Gasteiger partial charge in [0, 0.05) is 0 Å². The van der Waals surface area contributed by atoms with Crippen molar-refractivity contribution in [2.75, 3.05) is 0 Å². The molecule has 0 aromatic rings. The van der Waals surface area contributed by atoms with Gasteiger partial charge in [0.1, 0.15) is 0 Å². The van der Waals surface area contributed by atoms with Crippen LogP contribution in [0.3, 0.4) is 0 Å². The van der Waals surface area contributed by atoms with Gasteiger partial charge in [-0.15, -0.1) is 0 Å². The summed E-state index contributed by atoms with van der Waals surface area (Å²) < 4.78 is 12.5. The summed E-state index contributed by atoms with van der Waals surface area (Å²) >= 11 is 0. The van der Waals surface area contributed by atoms with E-state index in [0.717, 1.165) is 19.3 Å². The number of rotatable bonds is 14. The van der Waals surface area contributed by atoms with Crippen LogP contribution in [0.25, 0.3) is 0 Å². The Bertz CT molecular complexity index is 143. The van der Waals surface area contributed by atoms with E-state index in [1.54, 1.807) is 6.92 Å². The van der Waals surface area contributed by atoms with Crippen LogP contribution in [0.2, 0.25) is 0 Å². The minimum absolute atomic E-state index is 0.603. The fourth-order valence-corrected chi connectivity index (χ4v) is 2.37. The molecule has 0 aliphatic heterocycles. The van der Waals surface area contributed by atoms with Crippen molar-refractivity contribution in [2.45, 2.75) is 103 Å². The fraction of sp³-hybridized carbons (Fsp3) is 0.941. The van der Waals surface area contributed by atoms with Crippen molar-refractivity contribution >= 4 is 0 Å². The van der Waals surface area contributed by atoms with E-state index in [4.69, 9.17) is 0 Å². The summed E-state index contributed by atoms with van der Waals surface area (Å²) in [4.78, 5) is 0. The van der Waals surface area contributed by atoms with E-state index in [1.165, 1.54) is 70.6 Å². The van der Waals surface area contributed by atoms with Gasteiger partial charge in [0.05, 0.1) is 6.17 Å². The number of hydrogen-bond donors (Lipinski definition) is 0. The molecule has 0 heterocycles. The first-order valence-corrected chi connectivity index (χ1v) is 8.20. The van der Waals surface area contributed by atoms with Crippen LogP contribution in [-0.2, 0) is 0 Å². The van der Waals surface area contributed by atoms with Gasteiger partial charge in [-0.05, 0) is 13.3 Å². The second-order valence-electron chi connectivity index (χ2n) is 5.67. The maximum absolute atomic E-state index is 12.5. The van der Waals surface area contributed by atoms with Gasteiger partial charge in [-0.1, -0.05) is 90.4 Å². The first kappa shape index (κ1) is 17.9. The van der Waals surface area contributed by atoms with Crippen molar-refractivity contribution in [1.29, 1.82) is 0 Å². The monoisotopic (exact) mass is 257 g/mol. The normalized spacial score (nSPS) is 12.8. The number of unbranched alkanes of at least 4 members (excludes halogenated alkanes) is 12. The van der Waals surface area contributed by atoms with Crippen LogP contribution in [0.1, 0.15) is 96.8 Å². The molecule has 1 heteroatoms. The molecule has 1 radical (unpaired) electrons. The van der Waals surface area contributed by atoms with Gasteiger partial charge in [-0.3, -0.25) is 0 Å². The van der Waals surface area contributed by atoms with E-state index in [-0.39, 0.29) is 0 Å². The van der Waals surface area contributed by atoms with Crippen molar-refractivity contribution in [3.05, 3.63) is 6.92 Å². The standard InChI is InChI=1S/C17H34F/c1-3-4-5-6-7-8-9-10-11-12-13-14-15-16-17(2)18/h17H,1,3-16H2,2H3. The highest BCUT2D eigenvalue weighted by Gasteiger charge is 1.97. The Labute approximate surface area is 115 Å². The maximum atomic E-state index is 12.5. The number of halogens is 1. The molecule has 0 aliphatic rings. The van der Waals surface area contributed by atoms with Crippen LogP contribution in [-0.4, -0.2) is 6.17 Å². The number of hydrogen-bond acceptors (Lipinski definition) is 0. The van der Waals surface area contributed by atoms with Crippen LogP contribution < -0.4 is 0 Å². The van der Waals surface area contributed by atoms with Crippen molar-refractivity contribution in [1.82, 2.24) is 0 Å². The summed E-state index contributed by atoms with van der Waals surface area (Å²) in [5.41, 5.74) is 0. The molecular formula is C17H34F. The van der Waals surface area contributed by atoms with Gasteiger partial charge in [0.15, 0.2) is 0 Å². The Morgan fingerprint density at radius 2 is 1.00 bits per heavy atom. The Balaban J connectivity index is 2.90. The topological polar surface area (TPSA) is 0 Å². The third-order valence-corrected chi connectivity index (χ3v) is 3.60. The molecule has 1 atom stereocenters. The minimum atomic E-state index is -0.603. The van der Waals surface area contributed by atoms with Crippen LogP contribution >= 0.6 is 0 Å². The first-order valence-electron chi connectivity index (χ1n) is 8.20. The molecule has 0 amide bonds. The average molecular weight is 257 g/mol. The van der Waals surface area contributed by atoms with Gasteiger partial charge in [0.2, 0.25) is 0 Å². The minimum Gasteiger partial charge on any atom is -0.248 e. The van der Waals surface area contributed by atoms with E-state index in [2.05, 4.69) is 6.92 Å². The SMILES string of the molecule is [CH2]CCCCCCCCCCCCCCC(C)F. The van der Waals surface area contributed by atoms with E-state index in [0.29, 0.717) is 0 Å². The van der Waals surface area contributed by atoms with Crippen LogP contribution in [0, 0.1) is 6.92 Å². The molecule has 0 spiro atoms. The molecule has 0 saturated carbocycles. The van der Waals surface area contributed by atoms with Crippen LogP contribution in [0.5, 0.6) is 0 Å². The molecule has 0 saturated heterocycles. The van der Waals surface area contributed by atoms with Crippen molar-refractivity contribution < 1.29 is 4.39 Å². The van der Waals surface area contributed by atoms with Crippen LogP contribution in [0.4, 0.5) is 4.39 Å². The van der Waals surface area contributed by atoms with Crippen molar-refractivity contribution in [3.8, 4) is 0 Å². The summed E-state index contributed by atoms with van der Waals surface area (Å²) in [7, 11) is 0. The summed E-state index contributed by atoms with van der Waals surface area (Å²) in [6.45, 7) is 5.53. The zero-order valence-electron chi connectivity index (χ0n) is 12.6. The van der Waals surface area contributed by atoms with Crippen LogP contribution in [0.15, 0.2) is 0 Å². The molecule has 0 aromatic carbocycles. The lowest BCUT2D eigenvalue weighted by molar-refractivity contribution is 0.329. The summed E-state index contributed by atoms with van der Waals surface area (Å²) in [6, 6.07) is 0. The summed E-state index contributed by atoms with van der Waals surface area (Å²) in [5.74, 6) is 0. The lowest BCUT2D eigenvalue weighted by atomic mass is 10.0. The van der Waals surface area contributed by atoms with Gasteiger partial charge in [-0.2, -0.15) is 0 Å². The summed E-state index contributed by atoms with van der Waals surface area (Å²) in [6.07, 6.45) is 17.3. The lowest BCUT2D eigenvalue weighted by Gasteiger charge is -2.03. The average Bonchev–Trinajstić information content (AvgIpc) is 2.34. The molecular weight excluding hydrogens is 223 g/mol. The first-order chi connectivity index (χ1) is 8.77. The van der Waals surface area contributed by atoms with Gasteiger partial charge in [-0.25, -0.2) is 4.39 Å². The Morgan fingerprint density at radius 1 is 0.667 bits per heavy atom. The van der Waals surface area contributed by atoms with E-state index in [9.17, 15) is 4.39 Å². The van der Waals surface area contributed by atoms with E-state index >= 15 is 0 Å².